The summed E-state index contributed by atoms with van der Waals surface area (Å²) in [4.78, 5) is -1.73. The molecule has 11 aromatic rings. The van der Waals surface area contributed by atoms with Crippen molar-refractivity contribution in [3.8, 4) is 0 Å². The van der Waals surface area contributed by atoms with Gasteiger partial charge in [-0.2, -0.15) is 105 Å². The summed E-state index contributed by atoms with van der Waals surface area (Å²) in [5.74, 6) is -68.8. The van der Waals surface area contributed by atoms with Crippen LogP contribution in [0.2, 0.25) is 0 Å². The Hall–Kier alpha value is -9.32. The number of aryl methyl sites for hydroxylation is 8. The summed E-state index contributed by atoms with van der Waals surface area (Å²) in [5, 5.41) is -5.73. The van der Waals surface area contributed by atoms with Crippen molar-refractivity contribution in [2.75, 3.05) is 0 Å². The van der Waals surface area contributed by atoms with E-state index in [0.717, 1.165) is 76.2 Å². The van der Waals surface area contributed by atoms with Crippen LogP contribution in [0.25, 0.3) is 102 Å². The first-order chi connectivity index (χ1) is 53.8. The van der Waals surface area contributed by atoms with E-state index in [1.54, 1.807) is 0 Å². The Balaban J connectivity index is 0.952. The lowest BCUT2D eigenvalue weighted by Crippen LogP contribution is -2.43. The van der Waals surface area contributed by atoms with Crippen molar-refractivity contribution in [2.45, 2.75) is 126 Å². The summed E-state index contributed by atoms with van der Waals surface area (Å²) in [6, 6.07) is 49.8. The van der Waals surface area contributed by atoms with Gasteiger partial charge in [-0.15, -0.1) is 90.7 Å². The number of rotatable bonds is 0. The Kier molecular flexibility index (Phi) is 19.1. The van der Waals surface area contributed by atoms with Crippen molar-refractivity contribution < 1.29 is 105 Å². The van der Waals surface area contributed by atoms with Gasteiger partial charge in [0, 0.05) is 105 Å². The number of hydrogen-bond acceptors (Lipinski definition) is 8. The minimum atomic E-state index is -6.06. The lowest BCUT2D eigenvalue weighted by molar-refractivity contribution is -0.302. The highest BCUT2D eigenvalue weighted by molar-refractivity contribution is 7.21. The van der Waals surface area contributed by atoms with Gasteiger partial charge < -0.3 is 0 Å². The van der Waals surface area contributed by atoms with Crippen LogP contribution >= 0.6 is 90.7 Å². The van der Waals surface area contributed by atoms with Crippen molar-refractivity contribution in [1.82, 2.24) is 0 Å². The van der Waals surface area contributed by atoms with E-state index in [1.165, 1.54) is 76.2 Å². The maximum atomic E-state index is 16.4. The highest BCUT2D eigenvalue weighted by atomic mass is 32.1. The molecule has 8 aromatic heterocycles. The molecule has 0 saturated heterocycles. The molecule has 592 valence electrons. The monoisotopic (exact) mass is 1760 g/mol. The summed E-state index contributed by atoms with van der Waals surface area (Å²) in [7, 11) is 0. The molecule has 4 aliphatic rings. The lowest BCUT2D eigenvalue weighted by atomic mass is 10.0. The normalized spacial score (nSPS) is 18.4. The van der Waals surface area contributed by atoms with E-state index in [9.17, 15) is 0 Å². The highest BCUT2D eigenvalue weighted by Crippen LogP contribution is 2.70. The topological polar surface area (TPSA) is 0 Å². The number of hydrogen-bond donors (Lipinski definition) is 0. The largest absolute Gasteiger partial charge is 0.380 e. The third-order valence-electron chi connectivity index (χ3n) is 19.8. The fraction of sp³-hybridized carbons (Fsp3) is 0.238. The SMILES string of the molecule is Cc1sc2c#cc3cccc(c#cc4cc(c(C)s4)c4c(c5cc(c#cc6cc(c(C)s6)c6c(c7cc(c#cc8cccc(c#cc9cc(c(C)s9)c9c(c%10cc(c#cc%11cc(c(C)s%11)c%11c(c1c2)C(F)(F)C(F)(F)C%11(F)F)sc%10C)C(F)(F)C(F)(F)C9(F)F)c8)sc7C)C(F)(F)C(F)(F)C6(F)F)sc5C)C(F)(F)C(F)(F)C4(F)F)c3. The number of benzene rings is 2. The molecule has 0 nitrogen and oxygen atoms in total. The lowest BCUT2D eigenvalue weighted by Gasteiger charge is -2.23. The van der Waals surface area contributed by atoms with Crippen LogP contribution in [0.3, 0.4) is 0 Å². The average Bonchev–Trinajstić information content (AvgIpc) is 1.55. The summed E-state index contributed by atoms with van der Waals surface area (Å²) in [5.41, 5.74) is -14.2. The van der Waals surface area contributed by atoms with Gasteiger partial charge >= 0.3 is 71.1 Å². The number of halogens is 24. The van der Waals surface area contributed by atoms with Gasteiger partial charge in [-0.25, -0.2) is 0 Å². The van der Waals surface area contributed by atoms with E-state index >= 15 is 105 Å². The second kappa shape index (κ2) is 27.1. The van der Waals surface area contributed by atoms with Gasteiger partial charge in [0.15, 0.2) is 0 Å². The Morgan fingerprint density at radius 1 is 0.181 bits per heavy atom. The van der Waals surface area contributed by atoms with Gasteiger partial charge in [0.25, 0.3) is 0 Å². The molecule has 20 bridgehead atoms. The van der Waals surface area contributed by atoms with Crippen LogP contribution in [-0.4, -0.2) is 23.7 Å². The van der Waals surface area contributed by atoms with Crippen molar-refractivity contribution >= 4 is 193 Å². The number of alkyl halides is 24. The molecular weight excluding hydrogens is 1720 g/mol. The maximum Gasteiger partial charge on any atom is 0.380 e. The summed E-state index contributed by atoms with van der Waals surface area (Å²) in [6.07, 6.45) is 0. The molecule has 0 radical (unpaired) electrons. The van der Waals surface area contributed by atoms with Gasteiger partial charge in [0.1, 0.15) is 0 Å². The zero-order chi connectivity index (χ0) is 84.2. The van der Waals surface area contributed by atoms with E-state index in [2.05, 4.69) is 72.8 Å². The Bertz CT molecular complexity index is 5970. The third-order valence-corrected chi connectivity index (χ3v) is 27.6. The smallest absolute Gasteiger partial charge is 0.194 e. The van der Waals surface area contributed by atoms with Crippen molar-refractivity contribution in [3.63, 3.8) is 0 Å². The van der Waals surface area contributed by atoms with E-state index in [1.807, 2.05) is 0 Å². The molecule has 0 saturated carbocycles. The molecule has 32 heteroatoms. The summed E-state index contributed by atoms with van der Waals surface area (Å²) in [6.45, 7) is 9.25. The molecule has 0 aliphatic heterocycles. The van der Waals surface area contributed by atoms with Crippen molar-refractivity contribution in [2.24, 2.45) is 0 Å². The summed E-state index contributed by atoms with van der Waals surface area (Å²) >= 11 is 4.83. The van der Waals surface area contributed by atoms with E-state index in [4.69, 9.17) is 0 Å². The molecule has 116 heavy (non-hydrogen) atoms. The van der Waals surface area contributed by atoms with E-state index in [-0.39, 0.29) is 98.2 Å². The second-order valence-electron chi connectivity index (χ2n) is 27.2. The molecule has 0 N–H and O–H groups in total. The van der Waals surface area contributed by atoms with Gasteiger partial charge in [-0.05, 0) is 208 Å². The van der Waals surface area contributed by atoms with E-state index in [0.29, 0.717) is 90.7 Å². The molecule has 3 aromatic carbocycles. The fourth-order valence-corrected chi connectivity index (χ4v) is 21.2. The number of thiophene rings is 8. The van der Waals surface area contributed by atoms with Gasteiger partial charge in [0.05, 0.1) is 37.6 Å². The molecule has 0 amide bonds. The first kappa shape index (κ1) is 81.8. The highest BCUT2D eigenvalue weighted by Gasteiger charge is 2.83. The van der Waals surface area contributed by atoms with Crippen LogP contribution in [-0.2, 0) is 47.4 Å². The second-order valence-corrected chi connectivity index (χ2v) is 37.2. The molecule has 0 atom stereocenters. The van der Waals surface area contributed by atoms with Crippen LogP contribution in [0.1, 0.15) is 83.5 Å². The van der Waals surface area contributed by atoms with Crippen LogP contribution in [0.15, 0.2) is 97.1 Å². The van der Waals surface area contributed by atoms with Crippen LogP contribution < -0.4 is 0 Å². The zero-order valence-electron chi connectivity index (χ0n) is 59.6. The van der Waals surface area contributed by atoms with Crippen LogP contribution in [0.5, 0.6) is 0 Å². The zero-order valence-corrected chi connectivity index (χ0v) is 66.1. The molecule has 0 unspecified atom stereocenters. The van der Waals surface area contributed by atoms with Crippen LogP contribution in [0, 0.1) is 128 Å². The average molecular weight is 1760 g/mol. The first-order valence-corrected chi connectivity index (χ1v) is 40.1. The Morgan fingerprint density at radius 3 is 0.431 bits per heavy atom. The first-order valence-electron chi connectivity index (χ1n) is 33.6. The minimum absolute atomic E-state index is 0.115. The molecule has 0 fully saturated rings. The fourth-order valence-electron chi connectivity index (χ4n) is 14.2. The molecule has 15 rings (SSSR count). The maximum absolute atomic E-state index is 16.4. The molecule has 8 heterocycles. The van der Waals surface area contributed by atoms with Crippen molar-refractivity contribution in [1.29, 1.82) is 0 Å². The minimum Gasteiger partial charge on any atom is -0.194 e. The number of fused-ring (bicyclic) bond motifs is 32. The summed E-state index contributed by atoms with van der Waals surface area (Å²) < 4.78 is 386. The van der Waals surface area contributed by atoms with Gasteiger partial charge in [-0.3, -0.25) is 0 Å². The molecule has 0 spiro atoms. The Morgan fingerprint density at radius 2 is 0.302 bits per heavy atom. The molecular formula is C84H40F24S8. The molecule has 4 aliphatic carbocycles. The van der Waals surface area contributed by atoms with Crippen molar-refractivity contribution in [3.05, 3.63) is 253 Å². The quantitative estimate of drug-likeness (QED) is 0.133. The predicted octanol–water partition coefficient (Wildman–Crippen LogP) is 30.7. The standard InChI is InChI=1S/C84H40F24S8/c1-37-57-29-49(109-37)19-15-45-11-9-12-46(27-45)16-20-50-30-58(38(2)110-50)66-71(79(97,98)83(105,106)74(66,87)88)63-35-55(115-43(63)7)25-26-56-36-64(44(8)116-56)72-68(76(91,92)84(107,108)80(72,99)100)60-32-52(112-40(60)4)22-18-48-14-10-13-47(28-48)17-21-51-31-59(39(3)111-51)67-70(78(95,96)82(103,104)75(67,89)90)62-34-54(114-42(62)6)24-23-53-33-61(41(5)113-53)69-65(57)73(85,86)81(101,102)77(69,93)94/h9-14,27-36H,1-8H3. The van der Waals surface area contributed by atoms with Gasteiger partial charge in [0.2, 0.25) is 0 Å². The van der Waals surface area contributed by atoms with Gasteiger partial charge in [-0.1, -0.05) is 60.7 Å². The van der Waals surface area contributed by atoms with E-state index < -0.39 is 159 Å². The third kappa shape index (κ3) is 12.1. The van der Waals surface area contributed by atoms with Crippen LogP contribution in [0.4, 0.5) is 105 Å². The Labute approximate surface area is 673 Å². The predicted molar refractivity (Wildman–Crippen MR) is 409 cm³/mol.